The lowest BCUT2D eigenvalue weighted by Gasteiger charge is -2.07. The summed E-state index contributed by atoms with van der Waals surface area (Å²) >= 11 is 0. The fraction of sp³-hybridized carbons (Fsp3) is 0.0714. The Morgan fingerprint density at radius 3 is 2.67 bits per heavy atom. The van der Waals surface area contributed by atoms with Crippen LogP contribution in [0.4, 0.5) is 0 Å². The fourth-order valence-electron chi connectivity index (χ4n) is 2.14. The predicted molar refractivity (Wildman–Crippen MR) is 70.3 cm³/mol. The van der Waals surface area contributed by atoms with Crippen molar-refractivity contribution in [3.05, 3.63) is 46.6 Å². The van der Waals surface area contributed by atoms with Crippen LogP contribution in [0.2, 0.25) is 0 Å². The number of fused-ring (bicyclic) bond motifs is 2. The van der Waals surface area contributed by atoms with Gasteiger partial charge in [-0.25, -0.2) is 0 Å². The highest BCUT2D eigenvalue weighted by Gasteiger charge is 2.12. The quantitative estimate of drug-likeness (QED) is 0.643. The highest BCUT2D eigenvalue weighted by Crippen LogP contribution is 2.32. The molecule has 2 N–H and O–H groups in total. The second-order valence-corrected chi connectivity index (χ2v) is 4.04. The molecular formula is C14H11NO3. The number of aromatic nitrogens is 1. The second-order valence-electron chi connectivity index (χ2n) is 4.04. The van der Waals surface area contributed by atoms with Gasteiger partial charge in [0.1, 0.15) is 0 Å². The van der Waals surface area contributed by atoms with Gasteiger partial charge in [-0.05, 0) is 24.3 Å². The van der Waals surface area contributed by atoms with Crippen molar-refractivity contribution in [1.29, 1.82) is 0 Å². The minimum Gasteiger partial charge on any atom is -0.504 e. The van der Waals surface area contributed by atoms with Crippen LogP contribution in [0.3, 0.4) is 0 Å². The van der Waals surface area contributed by atoms with Gasteiger partial charge in [0.15, 0.2) is 11.5 Å². The van der Waals surface area contributed by atoms with Crippen LogP contribution < -0.4 is 10.2 Å². The molecule has 3 rings (SSSR count). The number of H-pyrrole nitrogens is 1. The lowest BCUT2D eigenvalue weighted by atomic mass is 10.1. The molecule has 0 saturated carbocycles. The average Bonchev–Trinajstić information content (AvgIpc) is 2.39. The van der Waals surface area contributed by atoms with Crippen LogP contribution in [0.15, 0.2) is 41.2 Å². The summed E-state index contributed by atoms with van der Waals surface area (Å²) in [5, 5.41) is 10.9. The van der Waals surface area contributed by atoms with Gasteiger partial charge in [-0.2, -0.15) is 0 Å². The second kappa shape index (κ2) is 3.77. The van der Waals surface area contributed by atoms with Crippen LogP contribution in [0.25, 0.3) is 21.8 Å². The van der Waals surface area contributed by atoms with Gasteiger partial charge >= 0.3 is 0 Å². The van der Waals surface area contributed by atoms with Crippen molar-refractivity contribution in [2.24, 2.45) is 0 Å². The highest BCUT2D eigenvalue weighted by molar-refractivity contribution is 5.96. The van der Waals surface area contributed by atoms with Gasteiger partial charge < -0.3 is 14.8 Å². The molecule has 18 heavy (non-hydrogen) atoms. The standard InChI is InChI=1S/C14H11NO3/c1-18-11-7-6-10-12(14(11)17)13(16)8-4-2-3-5-9(8)15-10/h2-7,17H,1H3,(H,15,16). The van der Waals surface area contributed by atoms with E-state index < -0.39 is 0 Å². The lowest BCUT2D eigenvalue weighted by molar-refractivity contribution is 0.376. The Bertz CT molecular complexity index is 805. The molecule has 0 aliphatic rings. The first-order valence-electron chi connectivity index (χ1n) is 5.53. The number of ether oxygens (including phenoxy) is 1. The molecule has 0 amide bonds. The van der Waals surface area contributed by atoms with Gasteiger partial charge in [0.25, 0.3) is 0 Å². The van der Waals surface area contributed by atoms with Crippen molar-refractivity contribution in [2.75, 3.05) is 7.11 Å². The van der Waals surface area contributed by atoms with E-state index in [4.69, 9.17) is 4.74 Å². The highest BCUT2D eigenvalue weighted by atomic mass is 16.5. The fourth-order valence-corrected chi connectivity index (χ4v) is 2.14. The molecule has 0 aliphatic carbocycles. The molecule has 0 saturated heterocycles. The van der Waals surface area contributed by atoms with E-state index in [1.807, 2.05) is 12.1 Å². The van der Waals surface area contributed by atoms with Crippen molar-refractivity contribution >= 4 is 21.8 Å². The number of hydrogen-bond acceptors (Lipinski definition) is 3. The average molecular weight is 241 g/mol. The minimum atomic E-state index is -0.198. The molecule has 3 aromatic rings. The summed E-state index contributed by atoms with van der Waals surface area (Å²) in [7, 11) is 1.45. The third-order valence-electron chi connectivity index (χ3n) is 3.03. The zero-order valence-corrected chi connectivity index (χ0v) is 9.73. The van der Waals surface area contributed by atoms with Crippen LogP contribution in [-0.4, -0.2) is 17.2 Å². The molecule has 0 bridgehead atoms. The van der Waals surface area contributed by atoms with E-state index >= 15 is 0 Å². The van der Waals surface area contributed by atoms with Gasteiger partial charge in [-0.15, -0.1) is 0 Å². The van der Waals surface area contributed by atoms with Gasteiger partial charge in [-0.3, -0.25) is 4.79 Å². The Hall–Kier alpha value is -2.49. The van der Waals surface area contributed by atoms with Crippen LogP contribution >= 0.6 is 0 Å². The smallest absolute Gasteiger partial charge is 0.201 e. The number of para-hydroxylation sites is 1. The molecule has 90 valence electrons. The van der Waals surface area contributed by atoms with E-state index in [2.05, 4.69) is 4.98 Å². The number of rotatable bonds is 1. The van der Waals surface area contributed by atoms with E-state index in [0.29, 0.717) is 16.7 Å². The zero-order valence-electron chi connectivity index (χ0n) is 9.73. The van der Waals surface area contributed by atoms with Crippen molar-refractivity contribution in [3.63, 3.8) is 0 Å². The third-order valence-corrected chi connectivity index (χ3v) is 3.03. The Morgan fingerprint density at radius 1 is 1.11 bits per heavy atom. The van der Waals surface area contributed by atoms with Crippen LogP contribution in [0, 0.1) is 0 Å². The Kier molecular flexibility index (Phi) is 2.23. The monoisotopic (exact) mass is 241 g/mol. The van der Waals surface area contributed by atoms with E-state index in [1.54, 1.807) is 24.3 Å². The van der Waals surface area contributed by atoms with Gasteiger partial charge in [0.05, 0.1) is 18.0 Å². The van der Waals surface area contributed by atoms with Crippen LogP contribution in [-0.2, 0) is 0 Å². The molecule has 0 aliphatic heterocycles. The molecule has 0 radical (unpaired) electrons. The first kappa shape index (κ1) is 10.7. The van der Waals surface area contributed by atoms with E-state index in [0.717, 1.165) is 5.52 Å². The van der Waals surface area contributed by atoms with E-state index in [1.165, 1.54) is 7.11 Å². The maximum atomic E-state index is 12.3. The molecular weight excluding hydrogens is 230 g/mol. The minimum absolute atomic E-state index is 0.123. The summed E-state index contributed by atoms with van der Waals surface area (Å²) in [4.78, 5) is 15.5. The SMILES string of the molecule is COc1ccc2[nH]c3ccccc3c(=O)c2c1O. The normalized spacial score (nSPS) is 10.9. The van der Waals surface area contributed by atoms with Crippen molar-refractivity contribution in [1.82, 2.24) is 4.98 Å². The van der Waals surface area contributed by atoms with Crippen molar-refractivity contribution in [3.8, 4) is 11.5 Å². The lowest BCUT2D eigenvalue weighted by Crippen LogP contribution is -2.04. The van der Waals surface area contributed by atoms with E-state index in [9.17, 15) is 9.90 Å². The summed E-state index contributed by atoms with van der Waals surface area (Å²) in [6, 6.07) is 10.6. The number of phenols is 1. The first-order chi connectivity index (χ1) is 8.72. The van der Waals surface area contributed by atoms with Crippen LogP contribution in [0.5, 0.6) is 11.5 Å². The zero-order chi connectivity index (χ0) is 12.7. The molecule has 0 spiro atoms. The van der Waals surface area contributed by atoms with Gasteiger partial charge in [-0.1, -0.05) is 12.1 Å². The third kappa shape index (κ3) is 1.35. The van der Waals surface area contributed by atoms with Crippen LogP contribution in [0.1, 0.15) is 0 Å². The topological polar surface area (TPSA) is 62.3 Å². The maximum absolute atomic E-state index is 12.3. The molecule has 1 heterocycles. The molecule has 0 fully saturated rings. The Labute approximate surface area is 102 Å². The number of aromatic amines is 1. The number of phenolic OH excluding ortho intramolecular Hbond substituents is 1. The molecule has 4 nitrogen and oxygen atoms in total. The van der Waals surface area contributed by atoms with Crippen molar-refractivity contribution in [2.45, 2.75) is 0 Å². The van der Waals surface area contributed by atoms with E-state index in [-0.39, 0.29) is 16.6 Å². The maximum Gasteiger partial charge on any atom is 0.201 e. The summed E-state index contributed by atoms with van der Waals surface area (Å²) < 4.78 is 5.02. The number of hydrogen-bond donors (Lipinski definition) is 2. The summed E-state index contributed by atoms with van der Waals surface area (Å²) in [5.41, 5.74) is 1.15. The Balaban J connectivity index is 2.57. The Morgan fingerprint density at radius 2 is 1.89 bits per heavy atom. The summed E-state index contributed by atoms with van der Waals surface area (Å²) in [6.45, 7) is 0. The largest absolute Gasteiger partial charge is 0.504 e. The number of aromatic hydroxyl groups is 1. The number of benzene rings is 2. The number of pyridine rings is 1. The predicted octanol–water partition coefficient (Wildman–Crippen LogP) is 2.40. The molecule has 2 aromatic carbocycles. The van der Waals surface area contributed by atoms with Gasteiger partial charge in [0, 0.05) is 10.9 Å². The van der Waals surface area contributed by atoms with Gasteiger partial charge in [0.2, 0.25) is 5.43 Å². The number of nitrogens with one attached hydrogen (secondary N) is 1. The molecule has 0 atom stereocenters. The summed E-state index contributed by atoms with van der Waals surface area (Å²) in [5.74, 6) is 0.172. The molecule has 4 heteroatoms. The molecule has 0 unspecified atom stereocenters. The number of methoxy groups -OCH3 is 1. The molecule has 1 aromatic heterocycles. The van der Waals surface area contributed by atoms with Crippen molar-refractivity contribution < 1.29 is 9.84 Å². The summed E-state index contributed by atoms with van der Waals surface area (Å²) in [6.07, 6.45) is 0. The first-order valence-corrected chi connectivity index (χ1v) is 5.53.